The minimum Gasteiger partial charge on any atom is -0.472 e. The lowest BCUT2D eigenvalue weighted by Crippen LogP contribution is -2.24. The van der Waals surface area contributed by atoms with Crippen molar-refractivity contribution in [1.29, 1.82) is 0 Å². The van der Waals surface area contributed by atoms with Gasteiger partial charge in [0.1, 0.15) is 0 Å². The molecule has 1 N–H and O–H groups in total. The van der Waals surface area contributed by atoms with Gasteiger partial charge in [0.25, 0.3) is 0 Å². The van der Waals surface area contributed by atoms with Crippen molar-refractivity contribution in [3.05, 3.63) is 24.2 Å². The van der Waals surface area contributed by atoms with Gasteiger partial charge in [0.2, 0.25) is 0 Å². The summed E-state index contributed by atoms with van der Waals surface area (Å²) in [4.78, 5) is 0. The largest absolute Gasteiger partial charge is 0.472 e. The molecule has 2 nitrogen and oxygen atoms in total. The van der Waals surface area contributed by atoms with Crippen LogP contribution in [0.1, 0.15) is 18.0 Å². The number of hydrogen-bond donors (Lipinski definition) is 1. The van der Waals surface area contributed by atoms with E-state index in [-0.39, 0.29) is 0 Å². The maximum absolute atomic E-state index is 5.11. The molecule has 1 aliphatic rings. The summed E-state index contributed by atoms with van der Waals surface area (Å²) >= 11 is 2.05. The lowest BCUT2D eigenvalue weighted by atomic mass is 9.94. The highest BCUT2D eigenvalue weighted by Gasteiger charge is 2.25. The van der Waals surface area contributed by atoms with Crippen molar-refractivity contribution in [2.75, 3.05) is 18.6 Å². The minimum absolute atomic E-state index is 0.480. The molecule has 2 heterocycles. The molecule has 1 aromatic rings. The van der Waals surface area contributed by atoms with Crippen molar-refractivity contribution >= 4 is 11.8 Å². The van der Waals surface area contributed by atoms with Gasteiger partial charge in [-0.05, 0) is 37.0 Å². The molecular formula is C10H15NOS. The van der Waals surface area contributed by atoms with Crippen LogP contribution in [0, 0.1) is 5.92 Å². The molecule has 1 aromatic heterocycles. The third kappa shape index (κ3) is 1.92. The van der Waals surface area contributed by atoms with Gasteiger partial charge < -0.3 is 9.73 Å². The zero-order valence-corrected chi connectivity index (χ0v) is 8.64. The van der Waals surface area contributed by atoms with E-state index in [0.29, 0.717) is 6.04 Å². The molecule has 1 saturated heterocycles. The van der Waals surface area contributed by atoms with Gasteiger partial charge in [-0.2, -0.15) is 11.8 Å². The number of thioether (sulfide) groups is 1. The van der Waals surface area contributed by atoms with E-state index in [1.54, 1.807) is 6.26 Å². The minimum atomic E-state index is 0.480. The molecule has 0 radical (unpaired) electrons. The normalized spacial score (nSPS) is 24.8. The third-order valence-electron chi connectivity index (χ3n) is 2.65. The number of furan rings is 1. The zero-order valence-electron chi connectivity index (χ0n) is 7.82. The van der Waals surface area contributed by atoms with Gasteiger partial charge in [-0.1, -0.05) is 0 Å². The molecule has 72 valence electrons. The van der Waals surface area contributed by atoms with Gasteiger partial charge >= 0.3 is 0 Å². The van der Waals surface area contributed by atoms with Gasteiger partial charge in [0.15, 0.2) is 0 Å². The van der Waals surface area contributed by atoms with Crippen LogP contribution in [0.15, 0.2) is 23.0 Å². The first-order valence-corrected chi connectivity index (χ1v) is 5.84. The molecule has 3 heteroatoms. The van der Waals surface area contributed by atoms with Gasteiger partial charge in [-0.3, -0.25) is 0 Å². The second-order valence-corrected chi connectivity index (χ2v) is 4.60. The first kappa shape index (κ1) is 9.16. The summed E-state index contributed by atoms with van der Waals surface area (Å²) in [5.74, 6) is 3.35. The van der Waals surface area contributed by atoms with Crippen LogP contribution >= 0.6 is 11.8 Å². The molecule has 1 aliphatic heterocycles. The summed E-state index contributed by atoms with van der Waals surface area (Å²) in [5.41, 5.74) is 1.29. The second kappa shape index (κ2) is 4.20. The van der Waals surface area contributed by atoms with E-state index in [1.165, 1.54) is 23.5 Å². The first-order valence-electron chi connectivity index (χ1n) is 4.69. The van der Waals surface area contributed by atoms with E-state index in [4.69, 9.17) is 4.42 Å². The first-order chi connectivity index (χ1) is 6.42. The Balaban J connectivity index is 2.08. The van der Waals surface area contributed by atoms with Crippen molar-refractivity contribution in [3.8, 4) is 0 Å². The van der Waals surface area contributed by atoms with Crippen LogP contribution < -0.4 is 5.32 Å². The molecule has 2 rings (SSSR count). The van der Waals surface area contributed by atoms with Crippen molar-refractivity contribution in [2.24, 2.45) is 5.92 Å². The summed E-state index contributed by atoms with van der Waals surface area (Å²) in [6.45, 7) is 0. The van der Waals surface area contributed by atoms with Crippen LogP contribution in [0.4, 0.5) is 0 Å². The quantitative estimate of drug-likeness (QED) is 0.805. The Labute approximate surface area is 83.1 Å². The predicted molar refractivity (Wildman–Crippen MR) is 55.9 cm³/mol. The van der Waals surface area contributed by atoms with Crippen molar-refractivity contribution in [3.63, 3.8) is 0 Å². The third-order valence-corrected chi connectivity index (χ3v) is 3.84. The monoisotopic (exact) mass is 197 g/mol. The Morgan fingerprint density at radius 1 is 1.69 bits per heavy atom. The summed E-state index contributed by atoms with van der Waals surface area (Å²) in [6, 6.07) is 2.54. The van der Waals surface area contributed by atoms with E-state index >= 15 is 0 Å². The standard InChI is InChI=1S/C10H15NOS/c1-11-10(8-2-4-12-6-8)9-3-5-13-7-9/h2,4,6,9-11H,3,5,7H2,1H3. The van der Waals surface area contributed by atoms with Gasteiger partial charge in [-0.15, -0.1) is 0 Å². The average molecular weight is 197 g/mol. The molecule has 13 heavy (non-hydrogen) atoms. The van der Waals surface area contributed by atoms with E-state index in [2.05, 4.69) is 23.1 Å². The fraction of sp³-hybridized carbons (Fsp3) is 0.600. The van der Waals surface area contributed by atoms with Crippen LogP contribution in [-0.2, 0) is 0 Å². The smallest absolute Gasteiger partial charge is 0.0950 e. The molecule has 0 saturated carbocycles. The fourth-order valence-corrected chi connectivity index (χ4v) is 3.24. The predicted octanol–water partition coefficient (Wildman–Crippen LogP) is 2.29. The number of rotatable bonds is 3. The Kier molecular flexibility index (Phi) is 2.96. The molecule has 1 fully saturated rings. The molecule has 0 aliphatic carbocycles. The van der Waals surface area contributed by atoms with Crippen molar-refractivity contribution < 1.29 is 4.42 Å². The fourth-order valence-electron chi connectivity index (χ4n) is 1.94. The van der Waals surface area contributed by atoms with Crippen LogP contribution in [0.2, 0.25) is 0 Å². The van der Waals surface area contributed by atoms with E-state index in [9.17, 15) is 0 Å². The van der Waals surface area contributed by atoms with Crippen molar-refractivity contribution in [2.45, 2.75) is 12.5 Å². The molecule has 2 atom stereocenters. The van der Waals surface area contributed by atoms with Crippen molar-refractivity contribution in [1.82, 2.24) is 5.32 Å². The number of nitrogens with one attached hydrogen (secondary N) is 1. The maximum Gasteiger partial charge on any atom is 0.0950 e. The highest BCUT2D eigenvalue weighted by Crippen LogP contribution is 2.33. The van der Waals surface area contributed by atoms with E-state index < -0.39 is 0 Å². The maximum atomic E-state index is 5.11. The van der Waals surface area contributed by atoms with Gasteiger partial charge in [0.05, 0.1) is 12.5 Å². The lowest BCUT2D eigenvalue weighted by Gasteiger charge is -2.20. The van der Waals surface area contributed by atoms with Crippen LogP contribution in [0.3, 0.4) is 0 Å². The van der Waals surface area contributed by atoms with Crippen LogP contribution in [0.25, 0.3) is 0 Å². The molecule has 0 spiro atoms. The van der Waals surface area contributed by atoms with E-state index in [1.807, 2.05) is 13.3 Å². The topological polar surface area (TPSA) is 25.2 Å². The summed E-state index contributed by atoms with van der Waals surface area (Å²) in [5, 5.41) is 3.37. The summed E-state index contributed by atoms with van der Waals surface area (Å²) in [7, 11) is 2.03. The summed E-state index contributed by atoms with van der Waals surface area (Å²) < 4.78 is 5.11. The second-order valence-electron chi connectivity index (χ2n) is 3.45. The zero-order chi connectivity index (χ0) is 9.10. The average Bonchev–Trinajstić information content (AvgIpc) is 2.76. The molecule has 0 aromatic carbocycles. The molecule has 0 bridgehead atoms. The SMILES string of the molecule is CNC(c1ccoc1)C1CCSC1. The molecule has 2 unspecified atom stereocenters. The molecule has 0 amide bonds. The Hall–Kier alpha value is -0.410. The highest BCUT2D eigenvalue weighted by atomic mass is 32.2. The van der Waals surface area contributed by atoms with Gasteiger partial charge in [0, 0.05) is 11.6 Å². The lowest BCUT2D eigenvalue weighted by molar-refractivity contribution is 0.415. The van der Waals surface area contributed by atoms with Crippen LogP contribution in [-0.4, -0.2) is 18.6 Å². The Morgan fingerprint density at radius 3 is 3.15 bits per heavy atom. The Bertz CT molecular complexity index is 241. The summed E-state index contributed by atoms with van der Waals surface area (Å²) in [6.07, 6.45) is 4.92. The van der Waals surface area contributed by atoms with E-state index in [0.717, 1.165) is 5.92 Å². The number of hydrogen-bond acceptors (Lipinski definition) is 3. The van der Waals surface area contributed by atoms with Gasteiger partial charge in [-0.25, -0.2) is 0 Å². The Morgan fingerprint density at radius 2 is 2.62 bits per heavy atom. The highest BCUT2D eigenvalue weighted by molar-refractivity contribution is 7.99. The molecular weight excluding hydrogens is 182 g/mol. The van der Waals surface area contributed by atoms with Crippen LogP contribution in [0.5, 0.6) is 0 Å².